The number of para-hydroxylation sites is 2. The molecular formula is C28H23ClN2O4. The maximum absolute atomic E-state index is 12.8. The molecule has 0 aliphatic carbocycles. The van der Waals surface area contributed by atoms with E-state index in [1.807, 2.05) is 66.7 Å². The van der Waals surface area contributed by atoms with Crippen LogP contribution in [0.1, 0.15) is 22.8 Å². The average molecular weight is 487 g/mol. The quantitative estimate of drug-likeness (QED) is 0.285. The second kappa shape index (κ2) is 11.7. The summed E-state index contributed by atoms with van der Waals surface area (Å²) in [7, 11) is 0. The van der Waals surface area contributed by atoms with Crippen LogP contribution in [-0.4, -0.2) is 12.2 Å². The predicted molar refractivity (Wildman–Crippen MR) is 137 cm³/mol. The maximum atomic E-state index is 12.8. The summed E-state index contributed by atoms with van der Waals surface area (Å²) >= 11 is 6.31. The number of carbonyl (C=O) groups is 2. The molecule has 2 amide bonds. The first-order chi connectivity index (χ1) is 17.1. The van der Waals surface area contributed by atoms with Crippen molar-refractivity contribution in [2.75, 3.05) is 10.6 Å². The van der Waals surface area contributed by atoms with Crippen molar-refractivity contribution in [3.05, 3.63) is 131 Å². The van der Waals surface area contributed by atoms with E-state index in [1.54, 1.807) is 42.5 Å². The molecule has 4 aromatic rings. The Balaban J connectivity index is 1.56. The Labute approximate surface area is 208 Å². The first kappa shape index (κ1) is 23.9. The zero-order valence-corrected chi connectivity index (χ0v) is 19.4. The van der Waals surface area contributed by atoms with Gasteiger partial charge in [0.15, 0.2) is 6.10 Å². The minimum absolute atomic E-state index is 0.0435. The number of halogens is 1. The molecular weight excluding hydrogens is 464 g/mol. The number of hydrogen-bond acceptors (Lipinski definition) is 4. The van der Waals surface area contributed by atoms with Crippen molar-refractivity contribution in [3.8, 4) is 0 Å². The molecule has 0 heterocycles. The summed E-state index contributed by atoms with van der Waals surface area (Å²) in [4.78, 5) is 25.1. The molecule has 0 aromatic heterocycles. The molecule has 0 bridgehead atoms. The van der Waals surface area contributed by atoms with Gasteiger partial charge in [-0.3, -0.25) is 10.6 Å². The van der Waals surface area contributed by atoms with Crippen molar-refractivity contribution in [1.82, 2.24) is 0 Å². The number of ether oxygens (including phenoxy) is 2. The Morgan fingerprint density at radius 2 is 1.26 bits per heavy atom. The fourth-order valence-electron chi connectivity index (χ4n) is 3.47. The lowest BCUT2D eigenvalue weighted by Gasteiger charge is -2.22. The fraction of sp³-hybridized carbons (Fsp3) is 0.0714. The molecule has 0 saturated heterocycles. The van der Waals surface area contributed by atoms with E-state index in [0.29, 0.717) is 27.5 Å². The van der Waals surface area contributed by atoms with Crippen molar-refractivity contribution in [2.45, 2.75) is 12.7 Å². The van der Waals surface area contributed by atoms with Crippen LogP contribution in [0.15, 0.2) is 109 Å². The number of nitrogens with one attached hydrogen (secondary N) is 2. The van der Waals surface area contributed by atoms with Crippen LogP contribution in [-0.2, 0) is 16.1 Å². The van der Waals surface area contributed by atoms with Gasteiger partial charge in [0.25, 0.3) is 0 Å². The summed E-state index contributed by atoms with van der Waals surface area (Å²) in [5, 5.41) is 5.88. The first-order valence-electron chi connectivity index (χ1n) is 10.9. The molecule has 4 rings (SSSR count). The summed E-state index contributed by atoms with van der Waals surface area (Å²) < 4.78 is 11.3. The predicted octanol–water partition coefficient (Wildman–Crippen LogP) is 7.43. The number of rotatable bonds is 7. The van der Waals surface area contributed by atoms with Gasteiger partial charge in [-0.1, -0.05) is 84.4 Å². The molecule has 2 N–H and O–H groups in total. The van der Waals surface area contributed by atoms with Gasteiger partial charge in [-0.15, -0.1) is 0 Å². The normalized spacial score (nSPS) is 11.2. The van der Waals surface area contributed by atoms with E-state index in [-0.39, 0.29) is 6.61 Å². The Hall–Kier alpha value is -4.29. The van der Waals surface area contributed by atoms with E-state index in [0.717, 1.165) is 5.56 Å². The average Bonchev–Trinajstić information content (AvgIpc) is 2.88. The van der Waals surface area contributed by atoms with Crippen LogP contribution in [0.2, 0.25) is 5.02 Å². The van der Waals surface area contributed by atoms with Gasteiger partial charge >= 0.3 is 12.2 Å². The van der Waals surface area contributed by atoms with Gasteiger partial charge in [0.2, 0.25) is 0 Å². The van der Waals surface area contributed by atoms with Gasteiger partial charge in [-0.05, 0) is 47.5 Å². The molecule has 1 unspecified atom stereocenters. The van der Waals surface area contributed by atoms with Crippen LogP contribution in [0.4, 0.5) is 21.0 Å². The van der Waals surface area contributed by atoms with Gasteiger partial charge in [-0.2, -0.15) is 0 Å². The molecule has 0 fully saturated rings. The zero-order valence-electron chi connectivity index (χ0n) is 18.7. The molecule has 6 nitrogen and oxygen atoms in total. The summed E-state index contributed by atoms with van der Waals surface area (Å²) in [5.41, 5.74) is 3.24. The second-order valence-corrected chi connectivity index (χ2v) is 8.03. The molecule has 1 atom stereocenters. The Bertz CT molecular complexity index is 1270. The standard InChI is InChI=1S/C28H23ClN2O4/c29-22-17-16-21(19-34-27(32)30-23-12-6-2-7-13-23)25(18-22)26(20-10-4-1-5-11-20)35-28(33)31-24-14-8-3-9-15-24/h1-18,26H,19H2,(H,30,32)(H,31,33). The molecule has 0 radical (unpaired) electrons. The monoisotopic (exact) mass is 486 g/mol. The molecule has 0 aliphatic rings. The van der Waals surface area contributed by atoms with Crippen LogP contribution < -0.4 is 10.6 Å². The summed E-state index contributed by atoms with van der Waals surface area (Å²) in [6.07, 6.45) is -2.01. The third kappa shape index (κ3) is 6.85. The van der Waals surface area contributed by atoms with Crippen molar-refractivity contribution >= 4 is 35.2 Å². The maximum Gasteiger partial charge on any atom is 0.412 e. The van der Waals surface area contributed by atoms with Crippen molar-refractivity contribution in [2.24, 2.45) is 0 Å². The lowest BCUT2D eigenvalue weighted by molar-refractivity contribution is 0.127. The number of anilines is 2. The van der Waals surface area contributed by atoms with Gasteiger partial charge in [-0.25, -0.2) is 9.59 Å². The second-order valence-electron chi connectivity index (χ2n) is 7.60. The summed E-state index contributed by atoms with van der Waals surface area (Å²) in [6, 6.07) is 32.5. The Morgan fingerprint density at radius 1 is 0.714 bits per heavy atom. The first-order valence-corrected chi connectivity index (χ1v) is 11.3. The molecule has 0 aliphatic heterocycles. The lowest BCUT2D eigenvalue weighted by Crippen LogP contribution is -2.20. The molecule has 4 aromatic carbocycles. The van der Waals surface area contributed by atoms with E-state index < -0.39 is 18.3 Å². The number of benzene rings is 4. The van der Waals surface area contributed by atoms with Crippen LogP contribution >= 0.6 is 11.6 Å². The highest BCUT2D eigenvalue weighted by atomic mass is 35.5. The van der Waals surface area contributed by atoms with Crippen LogP contribution in [0.25, 0.3) is 0 Å². The van der Waals surface area contributed by atoms with Crippen molar-refractivity contribution in [3.63, 3.8) is 0 Å². The van der Waals surface area contributed by atoms with E-state index >= 15 is 0 Å². The molecule has 7 heteroatoms. The molecule has 35 heavy (non-hydrogen) atoms. The fourth-order valence-corrected chi connectivity index (χ4v) is 3.66. The largest absolute Gasteiger partial charge is 0.444 e. The number of amides is 2. The van der Waals surface area contributed by atoms with Crippen LogP contribution in [0, 0.1) is 0 Å². The molecule has 0 spiro atoms. The van der Waals surface area contributed by atoms with Gasteiger partial charge in [0.05, 0.1) is 0 Å². The highest BCUT2D eigenvalue weighted by molar-refractivity contribution is 6.30. The van der Waals surface area contributed by atoms with Crippen LogP contribution in [0.5, 0.6) is 0 Å². The van der Waals surface area contributed by atoms with E-state index in [4.69, 9.17) is 21.1 Å². The third-order valence-electron chi connectivity index (χ3n) is 5.12. The van der Waals surface area contributed by atoms with E-state index in [1.165, 1.54) is 0 Å². The highest BCUT2D eigenvalue weighted by Crippen LogP contribution is 2.32. The van der Waals surface area contributed by atoms with Gasteiger partial charge < -0.3 is 9.47 Å². The highest BCUT2D eigenvalue weighted by Gasteiger charge is 2.23. The Morgan fingerprint density at radius 3 is 1.86 bits per heavy atom. The van der Waals surface area contributed by atoms with Gasteiger partial charge in [0, 0.05) is 22.0 Å². The minimum Gasteiger partial charge on any atom is -0.444 e. The smallest absolute Gasteiger partial charge is 0.412 e. The molecule has 0 saturated carbocycles. The zero-order chi connectivity index (χ0) is 24.5. The Kier molecular flexibility index (Phi) is 7.99. The van der Waals surface area contributed by atoms with Crippen molar-refractivity contribution < 1.29 is 19.1 Å². The number of hydrogen-bond donors (Lipinski definition) is 2. The summed E-state index contributed by atoms with van der Waals surface area (Å²) in [6.45, 7) is -0.0435. The summed E-state index contributed by atoms with van der Waals surface area (Å²) in [5.74, 6) is 0. The lowest BCUT2D eigenvalue weighted by atomic mass is 9.97. The van der Waals surface area contributed by atoms with Crippen LogP contribution in [0.3, 0.4) is 0 Å². The van der Waals surface area contributed by atoms with E-state index in [2.05, 4.69) is 10.6 Å². The van der Waals surface area contributed by atoms with Gasteiger partial charge in [0.1, 0.15) is 6.61 Å². The number of carbonyl (C=O) groups excluding carboxylic acids is 2. The topological polar surface area (TPSA) is 76.7 Å². The van der Waals surface area contributed by atoms with Crippen molar-refractivity contribution in [1.29, 1.82) is 0 Å². The minimum atomic E-state index is -0.783. The van der Waals surface area contributed by atoms with E-state index in [9.17, 15) is 9.59 Å². The SMILES string of the molecule is O=C(Nc1ccccc1)OCc1ccc(Cl)cc1C(OC(=O)Nc1ccccc1)c1ccccc1. The third-order valence-corrected chi connectivity index (χ3v) is 5.35. The molecule has 176 valence electrons.